The SMILES string of the molecule is Cc1ccc(COCC(=O)NN)c(C)c1. The number of carbonyl (C=O) groups excluding carboxylic acids is 1. The Kier molecular flexibility index (Phi) is 4.27. The van der Waals surface area contributed by atoms with Crippen LogP contribution in [0.25, 0.3) is 0 Å². The van der Waals surface area contributed by atoms with Crippen molar-refractivity contribution in [1.29, 1.82) is 0 Å². The molecule has 0 fully saturated rings. The number of nitrogens with one attached hydrogen (secondary N) is 1. The largest absolute Gasteiger partial charge is 0.367 e. The number of ether oxygens (including phenoxy) is 1. The maximum absolute atomic E-state index is 10.8. The number of nitrogens with two attached hydrogens (primary N) is 1. The van der Waals surface area contributed by atoms with E-state index in [1.165, 1.54) is 11.1 Å². The number of rotatable bonds is 4. The molecule has 3 N–H and O–H groups in total. The van der Waals surface area contributed by atoms with Gasteiger partial charge in [0, 0.05) is 0 Å². The normalized spacial score (nSPS) is 10.1. The van der Waals surface area contributed by atoms with E-state index >= 15 is 0 Å². The molecule has 0 spiro atoms. The summed E-state index contributed by atoms with van der Waals surface area (Å²) in [4.78, 5) is 10.8. The first-order valence-corrected chi connectivity index (χ1v) is 4.77. The molecule has 0 unspecified atom stereocenters. The minimum atomic E-state index is -0.320. The number of hydrogen-bond acceptors (Lipinski definition) is 3. The van der Waals surface area contributed by atoms with E-state index in [9.17, 15) is 4.79 Å². The predicted molar refractivity (Wildman–Crippen MR) is 57.9 cm³/mol. The molecule has 0 aromatic heterocycles. The standard InChI is InChI=1S/C11H16N2O2/c1-8-3-4-10(9(2)5-8)6-15-7-11(14)13-12/h3-5H,6-7,12H2,1-2H3,(H,13,14). The summed E-state index contributed by atoms with van der Waals surface area (Å²) in [5.41, 5.74) is 5.49. The van der Waals surface area contributed by atoms with Gasteiger partial charge >= 0.3 is 0 Å². The van der Waals surface area contributed by atoms with E-state index in [1.54, 1.807) is 0 Å². The van der Waals surface area contributed by atoms with Crippen molar-refractivity contribution >= 4 is 5.91 Å². The Hall–Kier alpha value is -1.39. The number of benzene rings is 1. The first-order valence-electron chi connectivity index (χ1n) is 4.77. The summed E-state index contributed by atoms with van der Waals surface area (Å²) in [6.45, 7) is 4.48. The van der Waals surface area contributed by atoms with Crippen molar-refractivity contribution in [2.75, 3.05) is 6.61 Å². The molecule has 0 aliphatic heterocycles. The lowest BCUT2D eigenvalue weighted by molar-refractivity contribution is -0.126. The molecule has 0 bridgehead atoms. The third-order valence-electron chi connectivity index (χ3n) is 2.15. The van der Waals surface area contributed by atoms with E-state index in [-0.39, 0.29) is 12.5 Å². The van der Waals surface area contributed by atoms with Crippen molar-refractivity contribution in [1.82, 2.24) is 5.43 Å². The maximum atomic E-state index is 10.8. The zero-order valence-electron chi connectivity index (χ0n) is 9.04. The molecular formula is C11H16N2O2. The Bertz CT molecular complexity index is 350. The molecule has 1 aromatic carbocycles. The van der Waals surface area contributed by atoms with E-state index in [0.29, 0.717) is 6.61 Å². The summed E-state index contributed by atoms with van der Waals surface area (Å²) in [7, 11) is 0. The van der Waals surface area contributed by atoms with Gasteiger partial charge in [-0.05, 0) is 25.0 Å². The Morgan fingerprint density at radius 1 is 1.47 bits per heavy atom. The van der Waals surface area contributed by atoms with E-state index < -0.39 is 0 Å². The number of hydrazine groups is 1. The molecule has 1 aromatic rings. The van der Waals surface area contributed by atoms with E-state index in [1.807, 2.05) is 31.4 Å². The fourth-order valence-corrected chi connectivity index (χ4v) is 1.30. The van der Waals surface area contributed by atoms with Crippen LogP contribution in [-0.2, 0) is 16.1 Å². The minimum absolute atomic E-state index is 0.0101. The minimum Gasteiger partial charge on any atom is -0.367 e. The van der Waals surface area contributed by atoms with Crippen LogP contribution >= 0.6 is 0 Å². The van der Waals surface area contributed by atoms with E-state index in [0.717, 1.165) is 5.56 Å². The summed E-state index contributed by atoms with van der Waals surface area (Å²) in [6.07, 6.45) is 0. The molecule has 0 atom stereocenters. The number of carbonyl (C=O) groups is 1. The lowest BCUT2D eigenvalue weighted by Crippen LogP contribution is -2.33. The second-order valence-electron chi connectivity index (χ2n) is 3.49. The fourth-order valence-electron chi connectivity index (χ4n) is 1.30. The summed E-state index contributed by atoms with van der Waals surface area (Å²) in [5, 5.41) is 0. The predicted octanol–water partition coefficient (Wildman–Crippen LogP) is 0.810. The van der Waals surface area contributed by atoms with Crippen LogP contribution in [0.1, 0.15) is 16.7 Å². The molecule has 82 valence electrons. The van der Waals surface area contributed by atoms with Crippen molar-refractivity contribution < 1.29 is 9.53 Å². The van der Waals surface area contributed by atoms with Gasteiger partial charge in [-0.25, -0.2) is 5.84 Å². The third-order valence-corrected chi connectivity index (χ3v) is 2.15. The molecule has 1 rings (SSSR count). The Labute approximate surface area is 89.4 Å². The lowest BCUT2D eigenvalue weighted by atomic mass is 10.1. The highest BCUT2D eigenvalue weighted by Crippen LogP contribution is 2.11. The molecule has 0 aliphatic rings. The lowest BCUT2D eigenvalue weighted by Gasteiger charge is -2.07. The van der Waals surface area contributed by atoms with Crippen molar-refractivity contribution in [3.8, 4) is 0 Å². The van der Waals surface area contributed by atoms with Crippen molar-refractivity contribution in [2.24, 2.45) is 5.84 Å². The molecule has 4 heteroatoms. The van der Waals surface area contributed by atoms with Gasteiger partial charge in [-0.1, -0.05) is 23.8 Å². The third kappa shape index (κ3) is 3.69. The fraction of sp³-hybridized carbons (Fsp3) is 0.364. The van der Waals surface area contributed by atoms with Gasteiger partial charge < -0.3 is 4.74 Å². The van der Waals surface area contributed by atoms with Gasteiger partial charge in [-0.15, -0.1) is 0 Å². The smallest absolute Gasteiger partial charge is 0.259 e. The average molecular weight is 208 g/mol. The van der Waals surface area contributed by atoms with Crippen LogP contribution in [0.2, 0.25) is 0 Å². The highest BCUT2D eigenvalue weighted by atomic mass is 16.5. The number of aryl methyl sites for hydroxylation is 2. The van der Waals surface area contributed by atoms with Gasteiger partial charge in [-0.2, -0.15) is 0 Å². The van der Waals surface area contributed by atoms with Crippen LogP contribution in [-0.4, -0.2) is 12.5 Å². The van der Waals surface area contributed by atoms with Crippen molar-refractivity contribution in [3.63, 3.8) is 0 Å². The second kappa shape index (κ2) is 5.48. The van der Waals surface area contributed by atoms with Crippen LogP contribution in [0, 0.1) is 13.8 Å². The highest BCUT2D eigenvalue weighted by molar-refractivity contribution is 5.76. The quantitative estimate of drug-likeness (QED) is 0.437. The Morgan fingerprint density at radius 2 is 2.20 bits per heavy atom. The van der Waals surface area contributed by atoms with Gasteiger partial charge in [0.15, 0.2) is 0 Å². The summed E-state index contributed by atoms with van der Waals surface area (Å²) in [5.74, 6) is 4.60. The molecule has 0 aliphatic carbocycles. The highest BCUT2D eigenvalue weighted by Gasteiger charge is 2.01. The zero-order valence-corrected chi connectivity index (χ0v) is 9.04. The average Bonchev–Trinajstić information content (AvgIpc) is 2.21. The number of amides is 1. The van der Waals surface area contributed by atoms with Gasteiger partial charge in [0.1, 0.15) is 6.61 Å². The summed E-state index contributed by atoms with van der Waals surface area (Å²) >= 11 is 0. The van der Waals surface area contributed by atoms with Crippen molar-refractivity contribution in [2.45, 2.75) is 20.5 Å². The van der Waals surface area contributed by atoms with Gasteiger partial charge in [-0.3, -0.25) is 10.2 Å². The molecule has 0 saturated carbocycles. The zero-order chi connectivity index (χ0) is 11.3. The van der Waals surface area contributed by atoms with E-state index in [4.69, 9.17) is 10.6 Å². The molecule has 1 amide bonds. The molecule has 0 radical (unpaired) electrons. The second-order valence-corrected chi connectivity index (χ2v) is 3.49. The molecule has 15 heavy (non-hydrogen) atoms. The topological polar surface area (TPSA) is 64.3 Å². The first-order chi connectivity index (χ1) is 7.13. The van der Waals surface area contributed by atoms with Crippen LogP contribution in [0.15, 0.2) is 18.2 Å². The molecule has 4 nitrogen and oxygen atoms in total. The molecule has 0 heterocycles. The van der Waals surface area contributed by atoms with Gasteiger partial charge in [0.2, 0.25) is 0 Å². The summed E-state index contributed by atoms with van der Waals surface area (Å²) < 4.78 is 5.20. The van der Waals surface area contributed by atoms with Crippen LogP contribution in [0.4, 0.5) is 0 Å². The molecule has 0 saturated heterocycles. The van der Waals surface area contributed by atoms with Crippen LogP contribution < -0.4 is 11.3 Å². The Morgan fingerprint density at radius 3 is 2.80 bits per heavy atom. The monoisotopic (exact) mass is 208 g/mol. The Balaban J connectivity index is 2.47. The van der Waals surface area contributed by atoms with Crippen LogP contribution in [0.5, 0.6) is 0 Å². The summed E-state index contributed by atoms with van der Waals surface area (Å²) in [6, 6.07) is 6.11. The number of hydrogen-bond donors (Lipinski definition) is 2. The van der Waals surface area contributed by atoms with Gasteiger partial charge in [0.05, 0.1) is 6.61 Å². The van der Waals surface area contributed by atoms with Crippen LogP contribution in [0.3, 0.4) is 0 Å². The maximum Gasteiger partial charge on any atom is 0.259 e. The van der Waals surface area contributed by atoms with E-state index in [2.05, 4.69) is 6.07 Å². The van der Waals surface area contributed by atoms with Gasteiger partial charge in [0.25, 0.3) is 5.91 Å². The first kappa shape index (κ1) is 11.7. The molecular weight excluding hydrogens is 192 g/mol. The van der Waals surface area contributed by atoms with Crippen molar-refractivity contribution in [3.05, 3.63) is 34.9 Å².